The standard InChI is InChI=1S/C27H31F4N5O2/c1-14-10-15(4-5-21(30)31)18-11-16(12-19(28)23(18)32-14)22-20(29)13-36-24(22)25(38-3)34-26(35-36)33-17-6-8-27(2,37)9-7-17/h11-13,15,17,21,37H,4-10H2,1-3H3,(H,33,35)/t15-,17?,27?/m1/s1. The molecular formula is C27H31F4N5O2. The lowest BCUT2D eigenvalue weighted by atomic mass is 9.84. The van der Waals surface area contributed by atoms with Gasteiger partial charge in [-0.1, -0.05) is 0 Å². The average molecular weight is 534 g/mol. The third kappa shape index (κ3) is 5.21. The second-order valence-corrected chi connectivity index (χ2v) is 10.6. The molecule has 38 heavy (non-hydrogen) atoms. The van der Waals surface area contributed by atoms with E-state index in [0.29, 0.717) is 30.5 Å². The summed E-state index contributed by atoms with van der Waals surface area (Å²) in [5.74, 6) is -1.30. The summed E-state index contributed by atoms with van der Waals surface area (Å²) in [4.78, 5) is 8.76. The zero-order chi connectivity index (χ0) is 27.2. The molecule has 0 unspecified atom stereocenters. The van der Waals surface area contributed by atoms with E-state index in [1.54, 1.807) is 13.0 Å². The molecule has 1 saturated carbocycles. The Balaban J connectivity index is 1.54. The number of methoxy groups -OCH3 is 1. The second-order valence-electron chi connectivity index (χ2n) is 10.6. The first kappa shape index (κ1) is 26.4. The summed E-state index contributed by atoms with van der Waals surface area (Å²) in [5.41, 5.74) is 1.09. The lowest BCUT2D eigenvalue weighted by molar-refractivity contribution is 0.0195. The fourth-order valence-corrected chi connectivity index (χ4v) is 5.55. The van der Waals surface area contributed by atoms with Crippen LogP contribution in [0.5, 0.6) is 5.88 Å². The zero-order valence-corrected chi connectivity index (χ0v) is 21.6. The molecule has 2 aliphatic rings. The van der Waals surface area contributed by atoms with E-state index < -0.39 is 23.7 Å². The fourth-order valence-electron chi connectivity index (χ4n) is 5.55. The predicted octanol–water partition coefficient (Wildman–Crippen LogP) is 6.41. The van der Waals surface area contributed by atoms with Crippen molar-refractivity contribution in [3.8, 4) is 17.0 Å². The molecule has 204 valence electrons. The molecule has 0 bridgehead atoms. The highest BCUT2D eigenvalue weighted by molar-refractivity contribution is 5.90. The van der Waals surface area contributed by atoms with E-state index in [1.165, 1.54) is 23.9 Å². The molecule has 0 radical (unpaired) electrons. The minimum absolute atomic E-state index is 0.0428. The van der Waals surface area contributed by atoms with Crippen molar-refractivity contribution < 1.29 is 27.4 Å². The number of hydrogen-bond donors (Lipinski definition) is 2. The summed E-state index contributed by atoms with van der Waals surface area (Å²) >= 11 is 0. The lowest BCUT2D eigenvalue weighted by Crippen LogP contribution is -2.36. The van der Waals surface area contributed by atoms with Crippen LogP contribution in [-0.2, 0) is 0 Å². The van der Waals surface area contributed by atoms with Gasteiger partial charge in [0.1, 0.15) is 17.0 Å². The number of hydrogen-bond acceptors (Lipinski definition) is 6. The number of halogens is 4. The van der Waals surface area contributed by atoms with Gasteiger partial charge in [0.05, 0.1) is 24.5 Å². The highest BCUT2D eigenvalue weighted by atomic mass is 19.3. The molecular weight excluding hydrogens is 502 g/mol. The number of alkyl halides is 2. The van der Waals surface area contributed by atoms with Gasteiger partial charge < -0.3 is 15.2 Å². The Morgan fingerprint density at radius 1 is 1.21 bits per heavy atom. The van der Waals surface area contributed by atoms with E-state index >= 15 is 8.78 Å². The Morgan fingerprint density at radius 3 is 2.63 bits per heavy atom. The van der Waals surface area contributed by atoms with Gasteiger partial charge in [0, 0.05) is 18.2 Å². The van der Waals surface area contributed by atoms with Crippen molar-refractivity contribution in [3.05, 3.63) is 35.5 Å². The third-order valence-electron chi connectivity index (χ3n) is 7.54. The largest absolute Gasteiger partial charge is 0.479 e. The maximum absolute atomic E-state index is 15.4. The van der Waals surface area contributed by atoms with Gasteiger partial charge in [-0.05, 0) is 81.5 Å². The van der Waals surface area contributed by atoms with Crippen LogP contribution in [-0.4, -0.2) is 50.6 Å². The van der Waals surface area contributed by atoms with Gasteiger partial charge in [-0.25, -0.2) is 22.1 Å². The van der Waals surface area contributed by atoms with Crippen LogP contribution in [0.3, 0.4) is 0 Å². The fraction of sp³-hybridized carbons (Fsp3) is 0.519. The van der Waals surface area contributed by atoms with Crippen LogP contribution in [0.2, 0.25) is 0 Å². The summed E-state index contributed by atoms with van der Waals surface area (Å²) in [5, 5.41) is 17.9. The average Bonchev–Trinajstić information content (AvgIpc) is 3.19. The molecule has 3 heterocycles. The van der Waals surface area contributed by atoms with E-state index in [2.05, 4.69) is 20.4 Å². The van der Waals surface area contributed by atoms with Crippen molar-refractivity contribution in [1.29, 1.82) is 0 Å². The van der Waals surface area contributed by atoms with Crippen molar-refractivity contribution in [2.24, 2.45) is 4.99 Å². The lowest BCUT2D eigenvalue weighted by Gasteiger charge is -2.33. The number of ether oxygens (including phenoxy) is 1. The minimum Gasteiger partial charge on any atom is -0.479 e. The van der Waals surface area contributed by atoms with Crippen molar-refractivity contribution >= 4 is 22.9 Å². The quantitative estimate of drug-likeness (QED) is 0.343. The van der Waals surface area contributed by atoms with Gasteiger partial charge >= 0.3 is 0 Å². The summed E-state index contributed by atoms with van der Waals surface area (Å²) in [7, 11) is 1.41. The Morgan fingerprint density at radius 2 is 1.95 bits per heavy atom. The van der Waals surface area contributed by atoms with E-state index in [9.17, 15) is 13.9 Å². The van der Waals surface area contributed by atoms with Crippen LogP contribution in [0, 0.1) is 11.6 Å². The smallest absolute Gasteiger partial charge is 0.244 e. The first-order valence-electron chi connectivity index (χ1n) is 12.8. The molecule has 2 aromatic heterocycles. The number of aliphatic hydroxyl groups is 1. The monoisotopic (exact) mass is 533 g/mol. The molecule has 1 atom stereocenters. The van der Waals surface area contributed by atoms with Gasteiger partial charge in [0.15, 0.2) is 5.82 Å². The van der Waals surface area contributed by atoms with E-state index in [0.717, 1.165) is 12.8 Å². The van der Waals surface area contributed by atoms with Gasteiger partial charge in [-0.3, -0.25) is 4.99 Å². The first-order valence-corrected chi connectivity index (χ1v) is 12.8. The van der Waals surface area contributed by atoms with Gasteiger partial charge in [-0.15, -0.1) is 5.10 Å². The SMILES string of the molecule is COc1nc(NC2CCC(C)(O)CC2)nn2cc(F)c(-c3cc(F)c4c(c3)[C@H](CCC(F)F)CC(C)=N4)c12. The Kier molecular flexibility index (Phi) is 7.06. The molecule has 11 heteroatoms. The Bertz CT molecular complexity index is 1380. The number of anilines is 1. The van der Waals surface area contributed by atoms with Crippen molar-refractivity contribution in [1.82, 2.24) is 14.6 Å². The number of benzene rings is 1. The van der Waals surface area contributed by atoms with Crippen LogP contribution in [0.4, 0.5) is 29.2 Å². The number of aromatic nitrogens is 3. The molecule has 0 spiro atoms. The highest BCUT2D eigenvalue weighted by Gasteiger charge is 2.30. The number of aliphatic imine (C=N–C) groups is 1. The van der Waals surface area contributed by atoms with Crippen LogP contribution in [0.15, 0.2) is 23.3 Å². The topological polar surface area (TPSA) is 84.0 Å². The van der Waals surface area contributed by atoms with Crippen LogP contribution in [0.25, 0.3) is 16.6 Å². The molecule has 0 saturated heterocycles. The van der Waals surface area contributed by atoms with Gasteiger partial charge in [-0.2, -0.15) is 4.98 Å². The van der Waals surface area contributed by atoms with Crippen molar-refractivity contribution in [2.45, 2.75) is 82.8 Å². The minimum atomic E-state index is -2.47. The Hall–Kier alpha value is -3.21. The summed E-state index contributed by atoms with van der Waals surface area (Å²) in [6.45, 7) is 3.56. The molecule has 1 aliphatic carbocycles. The molecule has 0 amide bonds. The maximum Gasteiger partial charge on any atom is 0.244 e. The molecule has 1 fully saturated rings. The van der Waals surface area contributed by atoms with Gasteiger partial charge in [0.2, 0.25) is 18.3 Å². The first-order chi connectivity index (χ1) is 18.0. The summed E-state index contributed by atoms with van der Waals surface area (Å²) < 4.78 is 63.4. The van der Waals surface area contributed by atoms with Crippen molar-refractivity contribution in [3.63, 3.8) is 0 Å². The normalized spacial score (nSPS) is 23.4. The molecule has 2 N–H and O–H groups in total. The van der Waals surface area contributed by atoms with E-state index in [1.807, 2.05) is 6.92 Å². The molecule has 5 rings (SSSR count). The predicted molar refractivity (Wildman–Crippen MR) is 137 cm³/mol. The third-order valence-corrected chi connectivity index (χ3v) is 7.54. The Labute approximate surface area is 217 Å². The van der Waals surface area contributed by atoms with Crippen LogP contribution >= 0.6 is 0 Å². The molecule has 1 aromatic carbocycles. The molecule has 7 nitrogen and oxygen atoms in total. The highest BCUT2D eigenvalue weighted by Crippen LogP contribution is 2.44. The number of nitrogens with one attached hydrogen (secondary N) is 1. The zero-order valence-electron chi connectivity index (χ0n) is 21.6. The summed E-state index contributed by atoms with van der Waals surface area (Å²) in [6.07, 6.45) is 1.72. The number of fused-ring (bicyclic) bond motifs is 2. The number of rotatable bonds is 7. The number of nitrogens with zero attached hydrogens (tertiary/aromatic N) is 4. The van der Waals surface area contributed by atoms with E-state index in [-0.39, 0.29) is 59.0 Å². The van der Waals surface area contributed by atoms with Gasteiger partial charge in [0.25, 0.3) is 0 Å². The van der Waals surface area contributed by atoms with Crippen molar-refractivity contribution in [2.75, 3.05) is 12.4 Å². The summed E-state index contributed by atoms with van der Waals surface area (Å²) in [6, 6.07) is 2.87. The molecule has 3 aromatic rings. The maximum atomic E-state index is 15.4. The van der Waals surface area contributed by atoms with Crippen LogP contribution < -0.4 is 10.1 Å². The van der Waals surface area contributed by atoms with Crippen LogP contribution in [0.1, 0.15) is 70.3 Å². The van der Waals surface area contributed by atoms with E-state index in [4.69, 9.17) is 4.74 Å². The second kappa shape index (κ2) is 10.2. The molecule has 1 aliphatic heterocycles.